The Balaban J connectivity index is 1.66. The Morgan fingerprint density at radius 1 is 1.03 bits per heavy atom. The maximum atomic E-state index is 13.1. The average Bonchev–Trinajstić information content (AvgIpc) is 2.74. The van der Waals surface area contributed by atoms with E-state index in [0.717, 1.165) is 31.4 Å². The monoisotopic (exact) mass is 427 g/mol. The Labute approximate surface area is 178 Å². The summed E-state index contributed by atoms with van der Waals surface area (Å²) in [5.74, 6) is 0.540. The van der Waals surface area contributed by atoms with Crippen molar-refractivity contribution in [2.75, 3.05) is 5.32 Å². The summed E-state index contributed by atoms with van der Waals surface area (Å²) in [5.41, 5.74) is 0.562. The summed E-state index contributed by atoms with van der Waals surface area (Å²) in [7, 11) is 0. The normalized spacial score (nSPS) is 19.2. The summed E-state index contributed by atoms with van der Waals surface area (Å²) < 4.78 is 39.1. The van der Waals surface area contributed by atoms with Crippen LogP contribution in [-0.2, 0) is 6.18 Å². The Kier molecular flexibility index (Phi) is 5.85. The molecule has 0 aliphatic heterocycles. The van der Waals surface area contributed by atoms with Gasteiger partial charge in [0.1, 0.15) is 5.82 Å². The highest BCUT2D eigenvalue weighted by molar-refractivity contribution is 6.07. The van der Waals surface area contributed by atoms with Gasteiger partial charge in [0.2, 0.25) is 0 Å². The molecule has 31 heavy (non-hydrogen) atoms. The highest BCUT2D eigenvalue weighted by Crippen LogP contribution is 2.32. The first kappa shape index (κ1) is 21.2. The van der Waals surface area contributed by atoms with Crippen LogP contribution in [0.4, 0.5) is 24.7 Å². The van der Waals surface area contributed by atoms with Gasteiger partial charge in [-0.2, -0.15) is 13.2 Å². The first-order valence-corrected chi connectivity index (χ1v) is 10.5. The second-order valence-corrected chi connectivity index (χ2v) is 8.12. The molecule has 1 fully saturated rings. The molecule has 1 saturated carbocycles. The molecule has 0 saturated heterocycles. The lowest BCUT2D eigenvalue weighted by atomic mass is 9.86. The molecule has 2 N–H and O–H groups in total. The van der Waals surface area contributed by atoms with Gasteiger partial charge < -0.3 is 10.6 Å². The molecule has 1 amide bonds. The molecule has 1 aromatic heterocycles. The fourth-order valence-corrected chi connectivity index (χ4v) is 4.13. The van der Waals surface area contributed by atoms with Crippen LogP contribution >= 0.6 is 0 Å². The molecular formula is C24H24F3N3O. The summed E-state index contributed by atoms with van der Waals surface area (Å²) in [6.45, 7) is 2.15. The largest absolute Gasteiger partial charge is 0.416 e. The molecule has 0 bridgehead atoms. The van der Waals surface area contributed by atoms with Crippen molar-refractivity contribution in [2.24, 2.45) is 5.92 Å². The zero-order chi connectivity index (χ0) is 22.0. The van der Waals surface area contributed by atoms with Crippen molar-refractivity contribution >= 4 is 28.3 Å². The van der Waals surface area contributed by atoms with Crippen molar-refractivity contribution in [3.63, 3.8) is 0 Å². The Hall–Kier alpha value is -3.09. The molecule has 2 atom stereocenters. The summed E-state index contributed by atoms with van der Waals surface area (Å²) in [5, 5.41) is 6.79. The predicted octanol–water partition coefficient (Wildman–Crippen LogP) is 6.31. The zero-order valence-corrected chi connectivity index (χ0v) is 17.2. The van der Waals surface area contributed by atoms with Gasteiger partial charge in [0.25, 0.3) is 5.91 Å². The van der Waals surface area contributed by atoms with Crippen molar-refractivity contribution in [1.82, 2.24) is 10.3 Å². The highest BCUT2D eigenvalue weighted by atomic mass is 19.4. The van der Waals surface area contributed by atoms with Gasteiger partial charge in [-0.05, 0) is 49.1 Å². The van der Waals surface area contributed by atoms with E-state index < -0.39 is 11.7 Å². The smallest absolute Gasteiger partial charge is 0.349 e. The molecule has 4 nitrogen and oxygen atoms in total. The molecule has 2 aromatic carbocycles. The number of fused-ring (bicyclic) bond motifs is 1. The van der Waals surface area contributed by atoms with Crippen molar-refractivity contribution in [3.05, 3.63) is 65.7 Å². The van der Waals surface area contributed by atoms with E-state index in [1.165, 1.54) is 18.6 Å². The number of carbonyl (C=O) groups excluding carboxylic acids is 1. The number of anilines is 2. The van der Waals surface area contributed by atoms with Gasteiger partial charge in [0, 0.05) is 17.1 Å². The molecule has 7 heteroatoms. The summed E-state index contributed by atoms with van der Waals surface area (Å²) >= 11 is 0. The van der Waals surface area contributed by atoms with Gasteiger partial charge in [0.05, 0.1) is 16.6 Å². The summed E-state index contributed by atoms with van der Waals surface area (Å²) in [6.07, 6.45) is -0.128. The van der Waals surface area contributed by atoms with E-state index in [1.54, 1.807) is 12.1 Å². The van der Waals surface area contributed by atoms with Crippen molar-refractivity contribution in [3.8, 4) is 0 Å². The van der Waals surface area contributed by atoms with E-state index in [4.69, 9.17) is 0 Å². The minimum absolute atomic E-state index is 0.119. The second-order valence-electron chi connectivity index (χ2n) is 8.12. The number of aromatic nitrogens is 1. The van der Waals surface area contributed by atoms with E-state index in [0.29, 0.717) is 28.2 Å². The Morgan fingerprint density at radius 3 is 2.58 bits per heavy atom. The Bertz CT molecular complexity index is 1100. The van der Waals surface area contributed by atoms with E-state index in [-0.39, 0.29) is 17.6 Å². The maximum absolute atomic E-state index is 13.1. The number of nitrogens with zero attached hydrogens (tertiary/aromatic N) is 1. The van der Waals surface area contributed by atoms with Crippen molar-refractivity contribution in [2.45, 2.75) is 44.8 Å². The molecule has 162 valence electrons. The number of pyridine rings is 1. The summed E-state index contributed by atoms with van der Waals surface area (Å²) in [6, 6.07) is 13.9. The van der Waals surface area contributed by atoms with Crippen LogP contribution in [0.25, 0.3) is 10.9 Å². The van der Waals surface area contributed by atoms with Crippen LogP contribution in [0, 0.1) is 5.92 Å². The summed E-state index contributed by atoms with van der Waals surface area (Å²) in [4.78, 5) is 17.6. The highest BCUT2D eigenvalue weighted by Gasteiger charge is 2.30. The van der Waals surface area contributed by atoms with Crippen LogP contribution in [0.15, 0.2) is 54.6 Å². The molecule has 4 rings (SSSR count). The Morgan fingerprint density at radius 2 is 1.81 bits per heavy atom. The first-order chi connectivity index (χ1) is 14.8. The third-order valence-electron chi connectivity index (χ3n) is 5.85. The number of hydrogen-bond acceptors (Lipinski definition) is 3. The third kappa shape index (κ3) is 4.81. The fraction of sp³-hybridized carbons (Fsp3) is 0.333. The van der Waals surface area contributed by atoms with Gasteiger partial charge >= 0.3 is 6.18 Å². The number of alkyl halides is 3. The standard InChI is InChI=1S/C24H24F3N3O/c1-15-7-2-4-11-20(15)30-23(31)19-14-22(29-21-12-5-3-10-18(19)21)28-17-9-6-8-16(13-17)24(25,26)27/h3,5-6,8-10,12-15,20H,2,4,7,11H2,1H3,(H,28,29)(H,30,31)/t15-,20-/m1/s1. The zero-order valence-electron chi connectivity index (χ0n) is 17.2. The minimum Gasteiger partial charge on any atom is -0.349 e. The number of hydrogen-bond donors (Lipinski definition) is 2. The van der Waals surface area contributed by atoms with E-state index in [1.807, 2.05) is 18.2 Å². The van der Waals surface area contributed by atoms with Gasteiger partial charge in [0.15, 0.2) is 0 Å². The number of para-hydroxylation sites is 1. The molecule has 0 unspecified atom stereocenters. The fourth-order valence-electron chi connectivity index (χ4n) is 4.13. The van der Waals surface area contributed by atoms with Crippen molar-refractivity contribution in [1.29, 1.82) is 0 Å². The number of amides is 1. The maximum Gasteiger partial charge on any atom is 0.416 e. The van der Waals surface area contributed by atoms with Gasteiger partial charge in [-0.25, -0.2) is 4.98 Å². The van der Waals surface area contributed by atoms with Crippen molar-refractivity contribution < 1.29 is 18.0 Å². The number of rotatable bonds is 4. The molecule has 0 spiro atoms. The van der Waals surface area contributed by atoms with Crippen LogP contribution in [0.5, 0.6) is 0 Å². The van der Waals surface area contributed by atoms with Crippen LogP contribution < -0.4 is 10.6 Å². The second kappa shape index (κ2) is 8.57. The quantitative estimate of drug-likeness (QED) is 0.513. The van der Waals surface area contributed by atoms with Crippen LogP contribution in [0.1, 0.15) is 48.5 Å². The van der Waals surface area contributed by atoms with Crippen LogP contribution in [0.2, 0.25) is 0 Å². The molecule has 1 aliphatic rings. The van der Waals surface area contributed by atoms with Gasteiger partial charge in [-0.1, -0.05) is 44.0 Å². The van der Waals surface area contributed by atoms with E-state index >= 15 is 0 Å². The lowest BCUT2D eigenvalue weighted by Crippen LogP contribution is -2.41. The molecule has 1 aliphatic carbocycles. The molecule has 1 heterocycles. The van der Waals surface area contributed by atoms with Crippen LogP contribution in [-0.4, -0.2) is 16.9 Å². The number of benzene rings is 2. The molecular weight excluding hydrogens is 403 g/mol. The number of halogens is 3. The predicted molar refractivity (Wildman–Crippen MR) is 115 cm³/mol. The average molecular weight is 427 g/mol. The topological polar surface area (TPSA) is 54.0 Å². The minimum atomic E-state index is -4.43. The first-order valence-electron chi connectivity index (χ1n) is 10.5. The molecule has 3 aromatic rings. The number of carbonyl (C=O) groups is 1. The van der Waals surface area contributed by atoms with E-state index in [9.17, 15) is 18.0 Å². The van der Waals surface area contributed by atoms with Crippen LogP contribution in [0.3, 0.4) is 0 Å². The molecule has 0 radical (unpaired) electrons. The van der Waals surface area contributed by atoms with Gasteiger partial charge in [-0.15, -0.1) is 0 Å². The number of nitrogens with one attached hydrogen (secondary N) is 2. The van der Waals surface area contributed by atoms with Gasteiger partial charge in [-0.3, -0.25) is 4.79 Å². The lowest BCUT2D eigenvalue weighted by Gasteiger charge is -2.29. The lowest BCUT2D eigenvalue weighted by molar-refractivity contribution is -0.137. The third-order valence-corrected chi connectivity index (χ3v) is 5.85. The van der Waals surface area contributed by atoms with E-state index in [2.05, 4.69) is 22.5 Å². The SMILES string of the molecule is C[C@@H]1CCCC[C@H]1NC(=O)c1cc(Nc2cccc(C(F)(F)F)c2)nc2ccccc12.